The molecule has 104 valence electrons. The van der Waals surface area contributed by atoms with Crippen molar-refractivity contribution in [2.75, 3.05) is 24.6 Å². The second-order valence-corrected chi connectivity index (χ2v) is 4.87. The number of hydrogen-bond donors (Lipinski definition) is 1. The molecule has 0 aliphatic carbocycles. The van der Waals surface area contributed by atoms with Crippen molar-refractivity contribution in [2.45, 2.75) is 25.9 Å². The van der Waals surface area contributed by atoms with Gasteiger partial charge in [0.05, 0.1) is 6.10 Å². The maximum Gasteiger partial charge on any atom is 0.339 e. The lowest BCUT2D eigenvalue weighted by Crippen LogP contribution is -2.33. The number of carbonyl (C=O) groups is 1. The van der Waals surface area contributed by atoms with Crippen LogP contribution in [0.2, 0.25) is 5.15 Å². The fraction of sp³-hybridized carbons (Fsp3) is 0.538. The van der Waals surface area contributed by atoms with E-state index in [4.69, 9.17) is 16.3 Å². The molecule has 2 rings (SSSR count). The van der Waals surface area contributed by atoms with Gasteiger partial charge >= 0.3 is 5.97 Å². The van der Waals surface area contributed by atoms with Gasteiger partial charge in [0.1, 0.15) is 16.5 Å². The molecule has 1 atom stereocenters. The standard InChI is InChI=1S/C13H17ClN2O3/c1-2-16(8-9-4-3-7-19-9)12-10(13(17)18)5-6-11(14)15-12/h5-6,9H,2-4,7-8H2,1H3,(H,17,18). The van der Waals surface area contributed by atoms with Gasteiger partial charge in [-0.05, 0) is 31.9 Å². The van der Waals surface area contributed by atoms with E-state index < -0.39 is 5.97 Å². The van der Waals surface area contributed by atoms with Crippen molar-refractivity contribution in [3.63, 3.8) is 0 Å². The molecule has 1 aliphatic heterocycles. The number of rotatable bonds is 5. The Morgan fingerprint density at radius 1 is 1.63 bits per heavy atom. The molecule has 0 saturated carbocycles. The maximum absolute atomic E-state index is 11.2. The molecule has 0 radical (unpaired) electrons. The van der Waals surface area contributed by atoms with Gasteiger partial charge in [0.2, 0.25) is 0 Å². The van der Waals surface area contributed by atoms with Crippen LogP contribution in [0.3, 0.4) is 0 Å². The van der Waals surface area contributed by atoms with Crippen molar-refractivity contribution < 1.29 is 14.6 Å². The van der Waals surface area contributed by atoms with Crippen LogP contribution in [0.4, 0.5) is 5.82 Å². The molecule has 1 aromatic rings. The number of likely N-dealkylation sites (N-methyl/N-ethyl adjacent to an activating group) is 1. The van der Waals surface area contributed by atoms with E-state index in [2.05, 4.69) is 4.98 Å². The predicted molar refractivity (Wildman–Crippen MR) is 73.1 cm³/mol. The first kappa shape index (κ1) is 14.1. The van der Waals surface area contributed by atoms with E-state index in [1.54, 1.807) is 0 Å². The number of halogens is 1. The third kappa shape index (κ3) is 3.36. The summed E-state index contributed by atoms with van der Waals surface area (Å²) in [5, 5.41) is 9.52. The van der Waals surface area contributed by atoms with Crippen molar-refractivity contribution in [3.8, 4) is 0 Å². The van der Waals surface area contributed by atoms with Crippen LogP contribution in [0, 0.1) is 0 Å². The number of aromatic carboxylic acids is 1. The van der Waals surface area contributed by atoms with Gasteiger partial charge < -0.3 is 14.7 Å². The first-order valence-corrected chi connectivity index (χ1v) is 6.76. The Labute approximate surface area is 117 Å². The minimum Gasteiger partial charge on any atom is -0.478 e. The third-order valence-electron chi connectivity index (χ3n) is 3.20. The minimum atomic E-state index is -0.995. The monoisotopic (exact) mass is 284 g/mol. The lowest BCUT2D eigenvalue weighted by molar-refractivity contribution is 0.0696. The highest BCUT2D eigenvalue weighted by molar-refractivity contribution is 6.29. The average molecular weight is 285 g/mol. The molecule has 1 aromatic heterocycles. The maximum atomic E-state index is 11.2. The molecule has 1 N–H and O–H groups in total. The summed E-state index contributed by atoms with van der Waals surface area (Å²) < 4.78 is 5.59. The van der Waals surface area contributed by atoms with Crippen molar-refractivity contribution in [1.82, 2.24) is 4.98 Å². The van der Waals surface area contributed by atoms with E-state index >= 15 is 0 Å². The Morgan fingerprint density at radius 2 is 2.42 bits per heavy atom. The summed E-state index contributed by atoms with van der Waals surface area (Å²) in [7, 11) is 0. The zero-order valence-electron chi connectivity index (χ0n) is 10.8. The van der Waals surface area contributed by atoms with E-state index in [0.717, 1.165) is 19.4 Å². The molecule has 1 fully saturated rings. The van der Waals surface area contributed by atoms with Gasteiger partial charge in [-0.3, -0.25) is 0 Å². The molecule has 19 heavy (non-hydrogen) atoms. The third-order valence-corrected chi connectivity index (χ3v) is 3.41. The summed E-state index contributed by atoms with van der Waals surface area (Å²) >= 11 is 5.88. The Kier molecular flexibility index (Phi) is 4.61. The van der Waals surface area contributed by atoms with Crippen LogP contribution in [0.25, 0.3) is 0 Å². The number of pyridine rings is 1. The molecule has 1 aliphatic rings. The Morgan fingerprint density at radius 3 is 3.00 bits per heavy atom. The van der Waals surface area contributed by atoms with Gasteiger partial charge in [0.25, 0.3) is 0 Å². The van der Waals surface area contributed by atoms with Gasteiger partial charge in [0.15, 0.2) is 0 Å². The zero-order valence-corrected chi connectivity index (χ0v) is 11.6. The number of ether oxygens (including phenoxy) is 1. The lowest BCUT2D eigenvalue weighted by atomic mass is 10.2. The van der Waals surface area contributed by atoms with Crippen molar-refractivity contribution >= 4 is 23.4 Å². The smallest absolute Gasteiger partial charge is 0.339 e. The molecule has 2 heterocycles. The van der Waals surface area contributed by atoms with Crippen LogP contribution in [0.1, 0.15) is 30.1 Å². The molecule has 5 nitrogen and oxygen atoms in total. The number of carboxylic acids is 1. The van der Waals surface area contributed by atoms with Crippen LogP contribution >= 0.6 is 11.6 Å². The highest BCUT2D eigenvalue weighted by atomic mass is 35.5. The van der Waals surface area contributed by atoms with E-state index in [-0.39, 0.29) is 11.7 Å². The van der Waals surface area contributed by atoms with Crippen molar-refractivity contribution in [2.24, 2.45) is 0 Å². The summed E-state index contributed by atoms with van der Waals surface area (Å²) in [6.45, 7) is 4.04. The van der Waals surface area contributed by atoms with Crippen molar-refractivity contribution in [3.05, 3.63) is 22.8 Å². The fourth-order valence-corrected chi connectivity index (χ4v) is 2.38. The molecule has 0 amide bonds. The molecule has 0 aromatic carbocycles. The van der Waals surface area contributed by atoms with Crippen LogP contribution in [0.5, 0.6) is 0 Å². The van der Waals surface area contributed by atoms with Gasteiger partial charge in [-0.1, -0.05) is 11.6 Å². The zero-order chi connectivity index (χ0) is 13.8. The topological polar surface area (TPSA) is 62.7 Å². The average Bonchev–Trinajstić information content (AvgIpc) is 2.88. The number of nitrogens with zero attached hydrogens (tertiary/aromatic N) is 2. The molecular formula is C13H17ClN2O3. The van der Waals surface area contributed by atoms with Crippen LogP contribution in [-0.2, 0) is 4.74 Å². The Hall–Kier alpha value is -1.33. The SMILES string of the molecule is CCN(CC1CCCO1)c1nc(Cl)ccc1C(=O)O. The molecule has 1 saturated heterocycles. The van der Waals surface area contributed by atoms with Crippen LogP contribution < -0.4 is 4.90 Å². The van der Waals surface area contributed by atoms with Gasteiger partial charge in [-0.2, -0.15) is 0 Å². The molecule has 1 unspecified atom stereocenters. The van der Waals surface area contributed by atoms with Crippen LogP contribution in [0.15, 0.2) is 12.1 Å². The second-order valence-electron chi connectivity index (χ2n) is 4.48. The molecule has 0 bridgehead atoms. The van der Waals surface area contributed by atoms with Crippen molar-refractivity contribution in [1.29, 1.82) is 0 Å². The highest BCUT2D eigenvalue weighted by Crippen LogP contribution is 2.23. The van der Waals surface area contributed by atoms with E-state index in [9.17, 15) is 9.90 Å². The second kappa shape index (κ2) is 6.21. The van der Waals surface area contributed by atoms with E-state index in [0.29, 0.717) is 24.1 Å². The van der Waals surface area contributed by atoms with Crippen LogP contribution in [-0.4, -0.2) is 41.9 Å². The van der Waals surface area contributed by atoms with Gasteiger partial charge in [-0.15, -0.1) is 0 Å². The summed E-state index contributed by atoms with van der Waals surface area (Å²) in [5.74, 6) is -0.581. The summed E-state index contributed by atoms with van der Waals surface area (Å²) in [4.78, 5) is 17.3. The largest absolute Gasteiger partial charge is 0.478 e. The Bertz CT molecular complexity index is 461. The molecule has 6 heteroatoms. The predicted octanol–water partition coefficient (Wildman–Crippen LogP) is 2.44. The highest BCUT2D eigenvalue weighted by Gasteiger charge is 2.23. The number of anilines is 1. The number of aromatic nitrogens is 1. The number of carboxylic acid groups (broad SMARTS) is 1. The van der Waals surface area contributed by atoms with E-state index in [1.807, 2.05) is 11.8 Å². The quantitative estimate of drug-likeness (QED) is 0.842. The van der Waals surface area contributed by atoms with E-state index in [1.165, 1.54) is 12.1 Å². The Balaban J connectivity index is 2.25. The normalized spacial score (nSPS) is 18.5. The fourth-order valence-electron chi connectivity index (χ4n) is 2.23. The summed E-state index contributed by atoms with van der Waals surface area (Å²) in [6.07, 6.45) is 2.19. The first-order valence-electron chi connectivity index (χ1n) is 6.38. The van der Waals surface area contributed by atoms with Gasteiger partial charge in [0, 0.05) is 19.7 Å². The summed E-state index contributed by atoms with van der Waals surface area (Å²) in [6, 6.07) is 2.99. The minimum absolute atomic E-state index is 0.141. The molecule has 0 spiro atoms. The molecular weight excluding hydrogens is 268 g/mol. The number of hydrogen-bond acceptors (Lipinski definition) is 4. The first-order chi connectivity index (χ1) is 9.11. The lowest BCUT2D eigenvalue weighted by Gasteiger charge is -2.26. The van der Waals surface area contributed by atoms with Gasteiger partial charge in [-0.25, -0.2) is 9.78 Å². The summed E-state index contributed by atoms with van der Waals surface area (Å²) in [5.41, 5.74) is 0.171.